The number of rotatable bonds is 12. The predicted molar refractivity (Wildman–Crippen MR) is 152 cm³/mol. The molecule has 2 unspecified atom stereocenters. The van der Waals surface area contributed by atoms with Crippen molar-refractivity contribution in [2.75, 3.05) is 42.8 Å². The van der Waals surface area contributed by atoms with Gasteiger partial charge in [0.05, 0.1) is 13.2 Å². The standard InChI is InChI=1S/C28H35ClN6O3/c1-19-17-31-28(34-21-9-11-25(12-10-21)38-14-13-37-2)35-27(19)33-24-8-4-7-23(16-24)32-26(36)18-30-22-6-3-5-20(29)15-22/h3,5-6,9-12,15,17,23-24,30H,4,7-8,13-14,16,18H2,1-2H3,(H,32,36)(H2,31,33,34,35). The summed E-state index contributed by atoms with van der Waals surface area (Å²) in [4.78, 5) is 21.7. The van der Waals surface area contributed by atoms with Gasteiger partial charge in [-0.2, -0.15) is 4.98 Å². The van der Waals surface area contributed by atoms with Crippen LogP contribution in [0.25, 0.3) is 0 Å². The minimum atomic E-state index is -0.0320. The monoisotopic (exact) mass is 538 g/mol. The molecule has 3 aromatic rings. The van der Waals surface area contributed by atoms with Gasteiger partial charge >= 0.3 is 0 Å². The number of aromatic nitrogens is 2. The maximum Gasteiger partial charge on any atom is 0.239 e. The predicted octanol–water partition coefficient (Wildman–Crippen LogP) is 5.16. The summed E-state index contributed by atoms with van der Waals surface area (Å²) in [6.07, 6.45) is 5.65. The normalized spacial score (nSPS) is 16.9. The van der Waals surface area contributed by atoms with Gasteiger partial charge in [-0.05, 0) is 75.1 Å². The van der Waals surface area contributed by atoms with Crippen LogP contribution in [0.1, 0.15) is 31.2 Å². The first-order valence-electron chi connectivity index (χ1n) is 12.9. The van der Waals surface area contributed by atoms with E-state index < -0.39 is 0 Å². The number of methoxy groups -OCH3 is 1. The number of ether oxygens (including phenoxy) is 2. The lowest BCUT2D eigenvalue weighted by molar-refractivity contribution is -0.120. The van der Waals surface area contributed by atoms with E-state index in [4.69, 9.17) is 26.1 Å². The Morgan fingerprint density at radius 2 is 1.89 bits per heavy atom. The molecule has 0 aliphatic heterocycles. The van der Waals surface area contributed by atoms with Crippen LogP contribution >= 0.6 is 11.6 Å². The van der Waals surface area contributed by atoms with Gasteiger partial charge in [0.25, 0.3) is 0 Å². The first-order chi connectivity index (χ1) is 18.5. The highest BCUT2D eigenvalue weighted by Gasteiger charge is 2.24. The van der Waals surface area contributed by atoms with E-state index in [0.29, 0.717) is 24.2 Å². The molecule has 0 spiro atoms. The number of hydrogen-bond acceptors (Lipinski definition) is 8. The second-order valence-electron chi connectivity index (χ2n) is 9.35. The third kappa shape index (κ3) is 8.49. The van der Waals surface area contributed by atoms with Crippen molar-refractivity contribution in [1.82, 2.24) is 15.3 Å². The third-order valence-corrected chi connectivity index (χ3v) is 6.53. The smallest absolute Gasteiger partial charge is 0.239 e. The Morgan fingerprint density at radius 1 is 1.08 bits per heavy atom. The van der Waals surface area contributed by atoms with Crippen molar-refractivity contribution in [3.8, 4) is 5.75 Å². The van der Waals surface area contributed by atoms with Gasteiger partial charge in [-0.15, -0.1) is 0 Å². The molecule has 1 aliphatic rings. The summed E-state index contributed by atoms with van der Waals surface area (Å²) in [6.45, 7) is 3.24. The molecule has 1 fully saturated rings. The number of hydrogen-bond donors (Lipinski definition) is 4. The molecule has 1 amide bonds. The van der Waals surface area contributed by atoms with Gasteiger partial charge < -0.3 is 30.7 Å². The molecule has 0 saturated heterocycles. The van der Waals surface area contributed by atoms with E-state index in [1.54, 1.807) is 19.2 Å². The van der Waals surface area contributed by atoms with Crippen LogP contribution in [0.15, 0.2) is 54.7 Å². The lowest BCUT2D eigenvalue weighted by atomic mass is 9.91. The van der Waals surface area contributed by atoms with Crippen LogP contribution in [0.2, 0.25) is 5.02 Å². The number of nitrogens with one attached hydrogen (secondary N) is 4. The lowest BCUT2D eigenvalue weighted by Crippen LogP contribution is -2.43. The second kappa shape index (κ2) is 13.8. The van der Waals surface area contributed by atoms with Gasteiger partial charge in [0.1, 0.15) is 18.2 Å². The molecule has 4 N–H and O–H groups in total. The first-order valence-corrected chi connectivity index (χ1v) is 13.2. The van der Waals surface area contributed by atoms with E-state index in [9.17, 15) is 4.79 Å². The number of nitrogens with zero attached hydrogens (tertiary/aromatic N) is 2. The van der Waals surface area contributed by atoms with Gasteiger partial charge in [0.15, 0.2) is 0 Å². The van der Waals surface area contributed by atoms with Crippen LogP contribution < -0.4 is 26.0 Å². The Balaban J connectivity index is 1.28. The number of benzene rings is 2. The Bertz CT molecular complexity index is 1190. The Kier molecular flexibility index (Phi) is 10.0. The Labute approximate surface area is 228 Å². The molecule has 1 heterocycles. The molecule has 1 aliphatic carbocycles. The minimum Gasteiger partial charge on any atom is -0.491 e. The zero-order valence-electron chi connectivity index (χ0n) is 21.8. The highest BCUT2D eigenvalue weighted by atomic mass is 35.5. The molecule has 1 saturated carbocycles. The van der Waals surface area contributed by atoms with Crippen LogP contribution in [0.4, 0.5) is 23.1 Å². The van der Waals surface area contributed by atoms with Gasteiger partial charge in [0.2, 0.25) is 11.9 Å². The molecular weight excluding hydrogens is 504 g/mol. The molecule has 202 valence electrons. The van der Waals surface area contributed by atoms with Crippen molar-refractivity contribution in [1.29, 1.82) is 0 Å². The quantitative estimate of drug-likeness (QED) is 0.234. The highest BCUT2D eigenvalue weighted by molar-refractivity contribution is 6.30. The van der Waals surface area contributed by atoms with Crippen molar-refractivity contribution in [2.24, 2.45) is 0 Å². The lowest BCUT2D eigenvalue weighted by Gasteiger charge is -2.31. The van der Waals surface area contributed by atoms with E-state index >= 15 is 0 Å². The van der Waals surface area contributed by atoms with E-state index in [-0.39, 0.29) is 24.5 Å². The summed E-state index contributed by atoms with van der Waals surface area (Å²) >= 11 is 6.02. The van der Waals surface area contributed by atoms with Crippen LogP contribution in [-0.4, -0.2) is 54.8 Å². The van der Waals surface area contributed by atoms with Crippen LogP contribution in [-0.2, 0) is 9.53 Å². The average Bonchev–Trinajstić information content (AvgIpc) is 2.91. The maximum atomic E-state index is 12.5. The number of carbonyl (C=O) groups excluding carboxylic acids is 1. The number of aryl methyl sites for hydroxylation is 1. The number of anilines is 4. The topological polar surface area (TPSA) is 109 Å². The summed E-state index contributed by atoms with van der Waals surface area (Å²) in [6, 6.07) is 15.3. The molecule has 38 heavy (non-hydrogen) atoms. The largest absolute Gasteiger partial charge is 0.491 e. The van der Waals surface area contributed by atoms with E-state index in [1.807, 2.05) is 49.5 Å². The number of halogens is 1. The molecular formula is C28H35ClN6O3. The van der Waals surface area contributed by atoms with Crippen molar-refractivity contribution in [2.45, 2.75) is 44.7 Å². The van der Waals surface area contributed by atoms with Crippen LogP contribution in [0.5, 0.6) is 5.75 Å². The molecule has 1 aromatic heterocycles. The molecule has 4 rings (SSSR count). The van der Waals surface area contributed by atoms with Crippen molar-refractivity contribution in [3.05, 3.63) is 65.3 Å². The van der Waals surface area contributed by atoms with Gasteiger partial charge in [-0.25, -0.2) is 4.98 Å². The highest BCUT2D eigenvalue weighted by Crippen LogP contribution is 2.25. The minimum absolute atomic E-state index is 0.0320. The molecule has 10 heteroatoms. The van der Waals surface area contributed by atoms with Gasteiger partial charge in [-0.3, -0.25) is 4.79 Å². The van der Waals surface area contributed by atoms with Crippen molar-refractivity contribution in [3.63, 3.8) is 0 Å². The van der Waals surface area contributed by atoms with Crippen molar-refractivity contribution < 1.29 is 14.3 Å². The molecule has 2 aromatic carbocycles. The zero-order valence-corrected chi connectivity index (χ0v) is 22.6. The average molecular weight is 539 g/mol. The maximum absolute atomic E-state index is 12.5. The summed E-state index contributed by atoms with van der Waals surface area (Å²) < 4.78 is 10.6. The summed E-state index contributed by atoms with van der Waals surface area (Å²) in [5.41, 5.74) is 2.66. The fourth-order valence-electron chi connectivity index (χ4n) is 4.36. The van der Waals surface area contributed by atoms with E-state index in [2.05, 4.69) is 26.3 Å². The number of carbonyl (C=O) groups is 1. The molecule has 0 bridgehead atoms. The molecule has 0 radical (unpaired) electrons. The van der Waals surface area contributed by atoms with Gasteiger partial charge in [0, 0.05) is 47.4 Å². The Hall–Kier alpha value is -3.56. The molecule has 2 atom stereocenters. The van der Waals surface area contributed by atoms with Crippen LogP contribution in [0.3, 0.4) is 0 Å². The van der Waals surface area contributed by atoms with E-state index in [0.717, 1.165) is 54.2 Å². The summed E-state index contributed by atoms with van der Waals surface area (Å²) in [5.74, 6) is 2.05. The second-order valence-corrected chi connectivity index (χ2v) is 9.79. The fourth-order valence-corrected chi connectivity index (χ4v) is 4.55. The number of amides is 1. The Morgan fingerprint density at radius 3 is 2.68 bits per heavy atom. The summed E-state index contributed by atoms with van der Waals surface area (Å²) in [5, 5.41) is 13.8. The van der Waals surface area contributed by atoms with Crippen LogP contribution in [0, 0.1) is 6.92 Å². The SMILES string of the molecule is COCCOc1ccc(Nc2ncc(C)c(NC3CCCC(NC(=O)CNc4cccc(Cl)c4)C3)n2)cc1. The van der Waals surface area contributed by atoms with Gasteiger partial charge in [-0.1, -0.05) is 17.7 Å². The van der Waals surface area contributed by atoms with E-state index in [1.165, 1.54) is 0 Å². The third-order valence-electron chi connectivity index (χ3n) is 6.30. The zero-order chi connectivity index (χ0) is 26.7. The molecule has 9 nitrogen and oxygen atoms in total. The fraction of sp³-hybridized carbons (Fsp3) is 0.393. The van der Waals surface area contributed by atoms with Crippen molar-refractivity contribution >= 4 is 40.6 Å². The summed E-state index contributed by atoms with van der Waals surface area (Å²) in [7, 11) is 1.65. The first kappa shape index (κ1) is 27.5.